The van der Waals surface area contributed by atoms with Crippen molar-refractivity contribution in [2.24, 2.45) is 0 Å². The van der Waals surface area contributed by atoms with Crippen LogP contribution in [0.2, 0.25) is 0 Å². The first kappa shape index (κ1) is 23.9. The highest BCUT2D eigenvalue weighted by atomic mass is 16.5. The van der Waals surface area contributed by atoms with E-state index in [9.17, 15) is 14.4 Å². The number of fused-ring (bicyclic) bond motifs is 1. The molecule has 1 aromatic heterocycles. The molecule has 2 aromatic carbocycles. The fourth-order valence-corrected chi connectivity index (χ4v) is 3.76. The molecule has 0 unspecified atom stereocenters. The van der Waals surface area contributed by atoms with E-state index in [2.05, 4.69) is 24.1 Å². The normalized spacial score (nSPS) is 12.7. The van der Waals surface area contributed by atoms with Gasteiger partial charge in [0.25, 0.3) is 5.91 Å². The van der Waals surface area contributed by atoms with E-state index >= 15 is 0 Å². The molecular weight excluding hydrogens is 446 g/mol. The number of benzene rings is 2. The van der Waals surface area contributed by atoms with Gasteiger partial charge < -0.3 is 14.8 Å². The topological polar surface area (TPSA) is 97.8 Å². The van der Waals surface area contributed by atoms with Gasteiger partial charge in [0, 0.05) is 11.8 Å². The maximum Gasteiger partial charge on any atom is 0.265 e. The molecule has 1 N–H and O–H groups in total. The number of ether oxygens (including phenoxy) is 2. The Kier molecular flexibility index (Phi) is 7.40. The van der Waals surface area contributed by atoms with Crippen LogP contribution in [0, 0.1) is 0 Å². The Morgan fingerprint density at radius 3 is 2.69 bits per heavy atom. The van der Waals surface area contributed by atoms with Crippen LogP contribution in [0.3, 0.4) is 0 Å². The average Bonchev–Trinajstić information content (AvgIpc) is 2.88. The first-order valence-electron chi connectivity index (χ1n) is 11.4. The molecule has 35 heavy (non-hydrogen) atoms. The molecule has 0 saturated carbocycles. The van der Waals surface area contributed by atoms with Crippen molar-refractivity contribution in [1.82, 2.24) is 10.3 Å². The molecule has 8 heteroatoms. The van der Waals surface area contributed by atoms with Crippen LogP contribution in [-0.4, -0.2) is 42.3 Å². The van der Waals surface area contributed by atoms with Crippen LogP contribution in [0.5, 0.6) is 11.5 Å². The number of hydrogen-bond acceptors (Lipinski definition) is 6. The Bertz CT molecular complexity index is 1230. The zero-order valence-corrected chi connectivity index (χ0v) is 19.7. The summed E-state index contributed by atoms with van der Waals surface area (Å²) in [5.74, 6) is 0.400. The van der Waals surface area contributed by atoms with Crippen molar-refractivity contribution >= 4 is 23.3 Å². The maximum absolute atomic E-state index is 12.9. The second kappa shape index (κ2) is 10.8. The summed E-state index contributed by atoms with van der Waals surface area (Å²) in [7, 11) is 0. The lowest BCUT2D eigenvalue weighted by Crippen LogP contribution is -2.45. The molecule has 1 aliphatic heterocycles. The van der Waals surface area contributed by atoms with Gasteiger partial charge in [0.2, 0.25) is 5.91 Å². The van der Waals surface area contributed by atoms with Crippen molar-refractivity contribution in [3.8, 4) is 11.5 Å². The average molecular weight is 474 g/mol. The van der Waals surface area contributed by atoms with Gasteiger partial charge in [0.05, 0.1) is 17.9 Å². The Hall–Kier alpha value is -4.20. The van der Waals surface area contributed by atoms with Crippen molar-refractivity contribution in [2.45, 2.75) is 26.3 Å². The summed E-state index contributed by atoms with van der Waals surface area (Å²) >= 11 is 0. The highest BCUT2D eigenvalue weighted by molar-refractivity contribution is 6.04. The molecule has 0 bridgehead atoms. The van der Waals surface area contributed by atoms with E-state index in [1.807, 2.05) is 30.3 Å². The van der Waals surface area contributed by atoms with Gasteiger partial charge in [-0.1, -0.05) is 38.1 Å². The van der Waals surface area contributed by atoms with Crippen molar-refractivity contribution in [2.75, 3.05) is 24.7 Å². The number of ketones is 1. The Morgan fingerprint density at radius 1 is 1.11 bits per heavy atom. The fraction of sp³-hybridized carbons (Fsp3) is 0.259. The minimum Gasteiger partial charge on any atom is -0.485 e. The first-order chi connectivity index (χ1) is 16.9. The number of anilines is 1. The van der Waals surface area contributed by atoms with Crippen molar-refractivity contribution in [3.05, 3.63) is 83.7 Å². The summed E-state index contributed by atoms with van der Waals surface area (Å²) < 4.78 is 11.3. The lowest BCUT2D eigenvalue weighted by Gasteiger charge is -2.29. The monoisotopic (exact) mass is 473 g/mol. The molecule has 3 aromatic rings. The van der Waals surface area contributed by atoms with Crippen LogP contribution in [0.1, 0.15) is 41.4 Å². The number of aromatic nitrogens is 1. The van der Waals surface area contributed by atoms with E-state index < -0.39 is 0 Å². The summed E-state index contributed by atoms with van der Waals surface area (Å²) in [5.41, 5.74) is 2.47. The number of Topliss-reactive ketones (excluding diaryl/α,β-unsaturated/α-hetero) is 1. The number of hydrogen-bond donors (Lipinski definition) is 1. The quantitative estimate of drug-likeness (QED) is 0.478. The zero-order chi connectivity index (χ0) is 24.8. The summed E-state index contributed by atoms with van der Waals surface area (Å²) in [5, 5.41) is 2.76. The number of pyridine rings is 1. The highest BCUT2D eigenvalue weighted by Crippen LogP contribution is 2.33. The Balaban J connectivity index is 1.45. The first-order valence-corrected chi connectivity index (χ1v) is 11.4. The lowest BCUT2D eigenvalue weighted by molar-refractivity contribution is -0.125. The second-order valence-electron chi connectivity index (χ2n) is 8.45. The van der Waals surface area contributed by atoms with Crippen LogP contribution in [0.4, 0.5) is 5.69 Å². The van der Waals surface area contributed by atoms with Crippen molar-refractivity contribution in [3.63, 3.8) is 0 Å². The molecule has 0 aliphatic carbocycles. The van der Waals surface area contributed by atoms with Crippen LogP contribution in [0.15, 0.2) is 66.9 Å². The molecule has 1 aliphatic rings. The van der Waals surface area contributed by atoms with E-state index in [0.29, 0.717) is 28.4 Å². The molecule has 0 radical (unpaired) electrons. The Labute approximate surface area is 203 Å². The summed E-state index contributed by atoms with van der Waals surface area (Å²) in [6.45, 7) is 3.85. The van der Waals surface area contributed by atoms with E-state index in [1.165, 1.54) is 4.90 Å². The zero-order valence-electron chi connectivity index (χ0n) is 19.7. The number of carbonyl (C=O) groups is 3. The predicted molar refractivity (Wildman–Crippen MR) is 131 cm³/mol. The molecule has 0 saturated heterocycles. The number of carbonyl (C=O) groups excluding carboxylic acids is 3. The van der Waals surface area contributed by atoms with Crippen molar-refractivity contribution < 1.29 is 23.9 Å². The smallest absolute Gasteiger partial charge is 0.265 e. The lowest BCUT2D eigenvalue weighted by atomic mass is 10.0. The van der Waals surface area contributed by atoms with E-state index in [1.54, 1.807) is 36.5 Å². The molecule has 0 atom stereocenters. The molecular formula is C27H27N3O5. The minimum absolute atomic E-state index is 0.151. The van der Waals surface area contributed by atoms with E-state index in [-0.39, 0.29) is 49.8 Å². The van der Waals surface area contributed by atoms with Gasteiger partial charge in [-0.05, 0) is 47.9 Å². The summed E-state index contributed by atoms with van der Waals surface area (Å²) in [4.78, 5) is 43.5. The molecule has 0 spiro atoms. The van der Waals surface area contributed by atoms with Crippen molar-refractivity contribution in [1.29, 1.82) is 0 Å². The predicted octanol–water partition coefficient (Wildman–Crippen LogP) is 3.51. The third kappa shape index (κ3) is 5.84. The Morgan fingerprint density at radius 2 is 1.91 bits per heavy atom. The summed E-state index contributed by atoms with van der Waals surface area (Å²) in [6.07, 6.45) is 1.65. The maximum atomic E-state index is 12.9. The fourth-order valence-electron chi connectivity index (χ4n) is 3.76. The van der Waals surface area contributed by atoms with Gasteiger partial charge in [-0.3, -0.25) is 24.3 Å². The second-order valence-corrected chi connectivity index (χ2v) is 8.45. The molecule has 8 nitrogen and oxygen atoms in total. The number of amides is 2. The minimum atomic E-state index is -0.364. The molecule has 2 amide bonds. The van der Waals surface area contributed by atoms with Gasteiger partial charge in [-0.25, -0.2) is 0 Å². The third-order valence-corrected chi connectivity index (χ3v) is 5.62. The van der Waals surface area contributed by atoms with Crippen LogP contribution >= 0.6 is 0 Å². The van der Waals surface area contributed by atoms with Crippen LogP contribution in [-0.2, 0) is 16.1 Å². The molecule has 4 rings (SSSR count). The van der Waals surface area contributed by atoms with Crippen LogP contribution < -0.4 is 19.7 Å². The highest BCUT2D eigenvalue weighted by Gasteiger charge is 2.28. The molecule has 0 fully saturated rings. The van der Waals surface area contributed by atoms with E-state index in [0.717, 1.165) is 5.56 Å². The summed E-state index contributed by atoms with van der Waals surface area (Å²) in [6, 6.07) is 17.9. The number of para-hydroxylation sites is 1. The van der Waals surface area contributed by atoms with Gasteiger partial charge in [-0.2, -0.15) is 0 Å². The molecule has 180 valence electrons. The van der Waals surface area contributed by atoms with Crippen LogP contribution in [0.25, 0.3) is 0 Å². The standard InChI is InChI=1S/C27H27N3O5/c1-18(2)21-8-3-4-9-24(21)34-16-23(31)19-10-11-25-22(13-19)30(27(33)17-35-25)15-26(32)29-14-20-7-5-6-12-28-20/h3-13,18H,14-17H2,1-2H3,(H,29,32). The largest absolute Gasteiger partial charge is 0.485 e. The number of rotatable bonds is 9. The third-order valence-electron chi connectivity index (χ3n) is 5.62. The van der Waals surface area contributed by atoms with Gasteiger partial charge in [0.15, 0.2) is 19.0 Å². The SMILES string of the molecule is CC(C)c1ccccc1OCC(=O)c1ccc2c(c1)N(CC(=O)NCc1ccccn1)C(=O)CO2. The van der Waals surface area contributed by atoms with Gasteiger partial charge in [0.1, 0.15) is 18.0 Å². The number of nitrogens with one attached hydrogen (secondary N) is 1. The number of nitrogens with zero attached hydrogens (tertiary/aromatic N) is 2. The van der Waals surface area contributed by atoms with Gasteiger partial charge >= 0.3 is 0 Å². The van der Waals surface area contributed by atoms with E-state index in [4.69, 9.17) is 9.47 Å². The molecule has 2 heterocycles. The van der Waals surface area contributed by atoms with Gasteiger partial charge in [-0.15, -0.1) is 0 Å².